The van der Waals surface area contributed by atoms with E-state index in [0.717, 1.165) is 37.4 Å². The summed E-state index contributed by atoms with van der Waals surface area (Å²) in [6, 6.07) is 9.20. The van der Waals surface area contributed by atoms with Gasteiger partial charge in [0.2, 0.25) is 12.7 Å². The van der Waals surface area contributed by atoms with Gasteiger partial charge in [0, 0.05) is 30.8 Å². The summed E-state index contributed by atoms with van der Waals surface area (Å²) in [4.78, 5) is 18.7. The van der Waals surface area contributed by atoms with Gasteiger partial charge in [0.05, 0.1) is 0 Å². The molecule has 4 heterocycles. The molecule has 0 spiro atoms. The first-order valence-corrected chi connectivity index (χ1v) is 9.40. The smallest absolute Gasteiger partial charge is 0.231 e. The highest BCUT2D eigenvalue weighted by molar-refractivity contribution is 5.93. The van der Waals surface area contributed by atoms with Gasteiger partial charge in [0.15, 0.2) is 23.1 Å². The van der Waals surface area contributed by atoms with Crippen molar-refractivity contribution in [2.24, 2.45) is 5.92 Å². The zero-order chi connectivity index (χ0) is 19.6. The van der Waals surface area contributed by atoms with Gasteiger partial charge in [-0.05, 0) is 37.1 Å². The number of hydrogen-bond acceptors (Lipinski definition) is 8. The number of aromatic nitrogens is 5. The van der Waals surface area contributed by atoms with Crippen LogP contribution >= 0.6 is 0 Å². The van der Waals surface area contributed by atoms with E-state index in [9.17, 15) is 4.79 Å². The van der Waals surface area contributed by atoms with Crippen LogP contribution in [0.2, 0.25) is 0 Å². The second-order valence-corrected chi connectivity index (χ2v) is 6.91. The molecule has 10 nitrogen and oxygen atoms in total. The second kappa shape index (κ2) is 7.38. The molecule has 0 unspecified atom stereocenters. The highest BCUT2D eigenvalue weighted by Crippen LogP contribution is 2.34. The molecule has 2 aromatic heterocycles. The Kier molecular flexibility index (Phi) is 4.43. The summed E-state index contributed by atoms with van der Waals surface area (Å²) in [6.07, 6.45) is 4.54. The van der Waals surface area contributed by atoms with E-state index in [-0.39, 0.29) is 18.6 Å². The molecule has 0 aliphatic carbocycles. The van der Waals surface area contributed by atoms with Crippen molar-refractivity contribution in [3.05, 3.63) is 43.0 Å². The maximum atomic E-state index is 12.6. The number of fused-ring (bicyclic) bond motifs is 1. The Morgan fingerprint density at radius 1 is 1.03 bits per heavy atom. The average molecular weight is 393 g/mol. The van der Waals surface area contributed by atoms with Gasteiger partial charge in [-0.15, -0.1) is 10.2 Å². The summed E-state index contributed by atoms with van der Waals surface area (Å²) < 4.78 is 12.2. The number of hydrogen-bond donors (Lipinski definition) is 1. The van der Waals surface area contributed by atoms with Gasteiger partial charge >= 0.3 is 0 Å². The van der Waals surface area contributed by atoms with Crippen LogP contribution in [0, 0.1) is 5.92 Å². The highest BCUT2D eigenvalue weighted by atomic mass is 16.7. The van der Waals surface area contributed by atoms with E-state index in [0.29, 0.717) is 17.3 Å². The third-order valence-electron chi connectivity index (χ3n) is 5.12. The Morgan fingerprint density at radius 2 is 1.83 bits per heavy atom. The van der Waals surface area contributed by atoms with Crippen LogP contribution in [-0.4, -0.2) is 50.8 Å². The van der Waals surface area contributed by atoms with E-state index < -0.39 is 0 Å². The molecule has 1 aromatic carbocycles. The minimum atomic E-state index is -0.0425. The maximum absolute atomic E-state index is 12.6. The van der Waals surface area contributed by atoms with Crippen molar-refractivity contribution in [1.29, 1.82) is 0 Å². The Hall–Kier alpha value is -3.69. The van der Waals surface area contributed by atoms with Crippen molar-refractivity contribution in [2.45, 2.75) is 12.8 Å². The Balaban J connectivity index is 1.17. The molecule has 1 N–H and O–H groups in total. The van der Waals surface area contributed by atoms with Gasteiger partial charge in [-0.1, -0.05) is 0 Å². The first-order valence-electron chi connectivity index (χ1n) is 9.40. The standard InChI is InChI=1S/C19H19N7O3/c27-19(22-14-1-2-15-16(9-14)29-12-28-15)13-5-7-25(8-6-13)17-3-4-18(24-23-17)26-11-20-10-21-26/h1-4,9-11,13H,5-8,12H2,(H,22,27). The Bertz CT molecular complexity index is 999. The van der Waals surface area contributed by atoms with E-state index >= 15 is 0 Å². The molecule has 29 heavy (non-hydrogen) atoms. The van der Waals surface area contributed by atoms with Crippen LogP contribution in [-0.2, 0) is 4.79 Å². The van der Waals surface area contributed by atoms with Crippen LogP contribution < -0.4 is 19.7 Å². The van der Waals surface area contributed by atoms with Gasteiger partial charge in [0.25, 0.3) is 0 Å². The predicted molar refractivity (Wildman–Crippen MR) is 103 cm³/mol. The Morgan fingerprint density at radius 3 is 2.59 bits per heavy atom. The van der Waals surface area contributed by atoms with Crippen molar-refractivity contribution >= 4 is 17.4 Å². The fourth-order valence-corrected chi connectivity index (χ4v) is 3.52. The van der Waals surface area contributed by atoms with Crippen LogP contribution in [0.4, 0.5) is 11.5 Å². The molecule has 2 aliphatic rings. The lowest BCUT2D eigenvalue weighted by atomic mass is 9.96. The van der Waals surface area contributed by atoms with Crippen molar-refractivity contribution in [1.82, 2.24) is 25.0 Å². The molecule has 0 bridgehead atoms. The summed E-state index contributed by atoms with van der Waals surface area (Å²) in [5.74, 6) is 2.75. The topological polar surface area (TPSA) is 107 Å². The summed E-state index contributed by atoms with van der Waals surface area (Å²) in [5, 5.41) is 15.5. The lowest BCUT2D eigenvalue weighted by Gasteiger charge is -2.31. The number of ether oxygens (including phenoxy) is 2. The van der Waals surface area contributed by atoms with Gasteiger partial charge in [0.1, 0.15) is 12.7 Å². The van der Waals surface area contributed by atoms with Crippen LogP contribution in [0.1, 0.15) is 12.8 Å². The molecule has 3 aromatic rings. The lowest BCUT2D eigenvalue weighted by molar-refractivity contribution is -0.120. The number of nitrogens with zero attached hydrogens (tertiary/aromatic N) is 6. The molecule has 2 aliphatic heterocycles. The summed E-state index contributed by atoms with van der Waals surface area (Å²) in [6.45, 7) is 1.71. The van der Waals surface area contributed by atoms with Gasteiger partial charge < -0.3 is 19.7 Å². The Labute approximate surface area is 166 Å². The zero-order valence-electron chi connectivity index (χ0n) is 15.6. The minimum Gasteiger partial charge on any atom is -0.454 e. The number of amides is 1. The molecule has 5 rings (SSSR count). The fourth-order valence-electron chi connectivity index (χ4n) is 3.52. The van der Waals surface area contributed by atoms with Crippen molar-refractivity contribution in [2.75, 3.05) is 30.1 Å². The number of piperidine rings is 1. The average Bonchev–Trinajstić information content (AvgIpc) is 3.46. The number of carbonyl (C=O) groups is 1. The number of benzene rings is 1. The van der Waals surface area contributed by atoms with Crippen LogP contribution in [0.15, 0.2) is 43.0 Å². The molecule has 10 heteroatoms. The van der Waals surface area contributed by atoms with Gasteiger partial charge in [-0.2, -0.15) is 5.10 Å². The third kappa shape index (κ3) is 3.56. The zero-order valence-corrected chi connectivity index (χ0v) is 15.6. The molecular weight excluding hydrogens is 374 g/mol. The SMILES string of the molecule is O=C(Nc1ccc2c(c1)OCO2)C1CCN(c2ccc(-n3cncn3)nn2)CC1. The van der Waals surface area contributed by atoms with E-state index in [2.05, 4.69) is 30.5 Å². The number of carbonyl (C=O) groups excluding carboxylic acids is 1. The molecule has 0 radical (unpaired) electrons. The first kappa shape index (κ1) is 17.4. The quantitative estimate of drug-likeness (QED) is 0.713. The van der Waals surface area contributed by atoms with Crippen molar-refractivity contribution < 1.29 is 14.3 Å². The summed E-state index contributed by atoms with van der Waals surface area (Å²) >= 11 is 0. The number of nitrogens with one attached hydrogen (secondary N) is 1. The molecular formula is C19H19N7O3. The molecule has 1 saturated heterocycles. The largest absolute Gasteiger partial charge is 0.454 e. The molecule has 0 atom stereocenters. The van der Waals surface area contributed by atoms with Crippen LogP contribution in [0.25, 0.3) is 5.82 Å². The van der Waals surface area contributed by atoms with Gasteiger partial charge in [-0.3, -0.25) is 4.79 Å². The molecule has 1 fully saturated rings. The normalized spacial score (nSPS) is 16.1. The fraction of sp³-hybridized carbons (Fsp3) is 0.316. The summed E-state index contributed by atoms with van der Waals surface area (Å²) in [7, 11) is 0. The minimum absolute atomic E-state index is 0.0242. The monoisotopic (exact) mass is 393 g/mol. The second-order valence-electron chi connectivity index (χ2n) is 6.91. The van der Waals surface area contributed by atoms with Crippen molar-refractivity contribution in [3.63, 3.8) is 0 Å². The van der Waals surface area contributed by atoms with Crippen LogP contribution in [0.5, 0.6) is 11.5 Å². The van der Waals surface area contributed by atoms with Crippen LogP contribution in [0.3, 0.4) is 0 Å². The third-order valence-corrected chi connectivity index (χ3v) is 5.12. The predicted octanol–water partition coefficient (Wildman–Crippen LogP) is 1.64. The molecule has 148 valence electrons. The molecule has 0 saturated carbocycles. The van der Waals surface area contributed by atoms with E-state index in [4.69, 9.17) is 9.47 Å². The van der Waals surface area contributed by atoms with Crippen molar-refractivity contribution in [3.8, 4) is 17.3 Å². The summed E-state index contributed by atoms with van der Waals surface area (Å²) in [5.41, 5.74) is 0.719. The van der Waals surface area contributed by atoms with E-state index in [1.165, 1.54) is 6.33 Å². The lowest BCUT2D eigenvalue weighted by Crippen LogP contribution is -2.38. The van der Waals surface area contributed by atoms with Gasteiger partial charge in [-0.25, -0.2) is 9.67 Å². The first-order chi connectivity index (χ1) is 14.3. The highest BCUT2D eigenvalue weighted by Gasteiger charge is 2.26. The molecule has 1 amide bonds. The number of anilines is 2. The number of rotatable bonds is 4. The van der Waals surface area contributed by atoms with E-state index in [1.54, 1.807) is 17.1 Å². The van der Waals surface area contributed by atoms with E-state index in [1.807, 2.05) is 24.3 Å². The maximum Gasteiger partial charge on any atom is 0.231 e.